The Bertz CT molecular complexity index is 1370. The molecule has 0 saturated heterocycles. The number of carbonyl (C=O) groups excluding carboxylic acids is 1. The van der Waals surface area contributed by atoms with E-state index >= 15 is 0 Å². The highest BCUT2D eigenvalue weighted by atomic mass is 16.5. The molecular formula is C27H25N3O3. The summed E-state index contributed by atoms with van der Waals surface area (Å²) in [5.41, 5.74) is 6.14. The average molecular weight is 440 g/mol. The van der Waals surface area contributed by atoms with E-state index in [9.17, 15) is 4.79 Å². The summed E-state index contributed by atoms with van der Waals surface area (Å²) < 4.78 is 12.7. The van der Waals surface area contributed by atoms with Crippen LogP contribution >= 0.6 is 0 Å². The molecule has 6 heteroatoms. The Labute approximate surface area is 192 Å². The number of methoxy groups -OCH3 is 2. The van der Waals surface area contributed by atoms with E-state index < -0.39 is 0 Å². The second-order valence-electron chi connectivity index (χ2n) is 8.25. The average Bonchev–Trinajstić information content (AvgIpc) is 3.19. The van der Waals surface area contributed by atoms with E-state index in [1.165, 1.54) is 0 Å². The highest BCUT2D eigenvalue weighted by molar-refractivity contribution is 5.99. The summed E-state index contributed by atoms with van der Waals surface area (Å²) in [6, 6.07) is 15.9. The molecule has 1 unspecified atom stereocenters. The number of nitrogens with zero attached hydrogens (tertiary/aromatic N) is 3. The lowest BCUT2D eigenvalue weighted by Gasteiger charge is -2.21. The number of hydrogen-bond donors (Lipinski definition) is 0. The van der Waals surface area contributed by atoms with E-state index in [-0.39, 0.29) is 11.7 Å². The maximum Gasteiger partial charge on any atom is 0.166 e. The zero-order chi connectivity index (χ0) is 22.9. The molecule has 0 saturated carbocycles. The van der Waals surface area contributed by atoms with Gasteiger partial charge in [0.15, 0.2) is 22.9 Å². The van der Waals surface area contributed by atoms with Gasteiger partial charge in [-0.3, -0.25) is 4.79 Å². The largest absolute Gasteiger partial charge is 0.493 e. The summed E-state index contributed by atoms with van der Waals surface area (Å²) in [5.74, 6) is 1.53. The first-order valence-corrected chi connectivity index (χ1v) is 10.9. The Morgan fingerprint density at radius 1 is 1.03 bits per heavy atom. The molecule has 0 spiro atoms. The molecule has 0 radical (unpaired) electrons. The van der Waals surface area contributed by atoms with Crippen LogP contribution in [-0.2, 0) is 6.42 Å². The van der Waals surface area contributed by atoms with Crippen molar-refractivity contribution in [3.05, 3.63) is 83.3 Å². The molecule has 2 aromatic heterocycles. The van der Waals surface area contributed by atoms with E-state index in [1.807, 2.05) is 47.8 Å². The standard InChI is InChI=1S/C27H25N3O3/c1-17-26(20-11-12-24(32-2)25(15-20)33-3)27-28-16-21-22(30(27)29-17)13-19(14-23(21)31)10-9-18-7-5-4-6-8-18/h4-12,15-16,19H,13-14H2,1-3H3/b10-9+. The second-order valence-corrected chi connectivity index (χ2v) is 8.25. The molecule has 166 valence electrons. The smallest absolute Gasteiger partial charge is 0.166 e. The number of hydrogen-bond acceptors (Lipinski definition) is 5. The SMILES string of the molecule is COc1ccc(-c2c(C)nn3c4c(cnc23)C(=O)CC(/C=C/c2ccccc2)C4)cc1OC. The monoisotopic (exact) mass is 439 g/mol. The first-order chi connectivity index (χ1) is 16.1. The van der Waals surface area contributed by atoms with E-state index in [0.29, 0.717) is 23.5 Å². The van der Waals surface area contributed by atoms with Crippen molar-refractivity contribution in [2.75, 3.05) is 14.2 Å². The molecule has 0 aliphatic heterocycles. The minimum absolute atomic E-state index is 0.106. The van der Waals surface area contributed by atoms with Gasteiger partial charge in [0.05, 0.1) is 31.2 Å². The summed E-state index contributed by atoms with van der Waals surface area (Å²) in [7, 11) is 3.24. The van der Waals surface area contributed by atoms with Gasteiger partial charge in [-0.25, -0.2) is 9.50 Å². The molecule has 0 amide bonds. The van der Waals surface area contributed by atoms with Crippen molar-refractivity contribution in [3.63, 3.8) is 0 Å². The fourth-order valence-electron chi connectivity index (χ4n) is 4.51. The molecule has 1 atom stereocenters. The molecule has 4 aromatic rings. The van der Waals surface area contributed by atoms with Gasteiger partial charge >= 0.3 is 0 Å². The molecule has 2 aromatic carbocycles. The van der Waals surface area contributed by atoms with E-state index in [0.717, 1.165) is 40.1 Å². The van der Waals surface area contributed by atoms with Crippen LogP contribution in [0.3, 0.4) is 0 Å². The van der Waals surface area contributed by atoms with Crippen molar-refractivity contribution in [2.24, 2.45) is 5.92 Å². The van der Waals surface area contributed by atoms with Crippen molar-refractivity contribution in [1.29, 1.82) is 0 Å². The fraction of sp³-hybridized carbons (Fsp3) is 0.222. The van der Waals surface area contributed by atoms with Crippen LogP contribution in [0.2, 0.25) is 0 Å². The van der Waals surface area contributed by atoms with Crippen molar-refractivity contribution in [3.8, 4) is 22.6 Å². The minimum Gasteiger partial charge on any atom is -0.493 e. The van der Waals surface area contributed by atoms with E-state index in [2.05, 4.69) is 29.3 Å². The lowest BCUT2D eigenvalue weighted by atomic mass is 9.86. The minimum atomic E-state index is 0.106. The second kappa shape index (κ2) is 8.54. The zero-order valence-electron chi connectivity index (χ0n) is 18.9. The van der Waals surface area contributed by atoms with Crippen LogP contribution in [0.4, 0.5) is 0 Å². The van der Waals surface area contributed by atoms with Crippen molar-refractivity contribution < 1.29 is 14.3 Å². The molecule has 0 bridgehead atoms. The highest BCUT2D eigenvalue weighted by Crippen LogP contribution is 2.36. The van der Waals surface area contributed by atoms with Gasteiger partial charge in [-0.2, -0.15) is 5.10 Å². The van der Waals surface area contributed by atoms with Gasteiger partial charge < -0.3 is 9.47 Å². The Morgan fingerprint density at radius 3 is 2.58 bits per heavy atom. The Hall–Kier alpha value is -3.93. The lowest BCUT2D eigenvalue weighted by molar-refractivity contribution is 0.0957. The number of Topliss-reactive ketones (excluding diaryl/α,β-unsaturated/α-hetero) is 1. The van der Waals surface area contributed by atoms with Crippen LogP contribution in [0.15, 0.2) is 60.8 Å². The first kappa shape index (κ1) is 20.9. The van der Waals surface area contributed by atoms with Crippen LogP contribution in [0, 0.1) is 12.8 Å². The number of aromatic nitrogens is 3. The van der Waals surface area contributed by atoms with E-state index in [1.54, 1.807) is 20.4 Å². The van der Waals surface area contributed by atoms with Crippen LogP contribution < -0.4 is 9.47 Å². The first-order valence-electron chi connectivity index (χ1n) is 10.9. The fourth-order valence-corrected chi connectivity index (χ4v) is 4.51. The predicted molar refractivity (Wildman–Crippen MR) is 128 cm³/mol. The van der Waals surface area contributed by atoms with Crippen LogP contribution in [-0.4, -0.2) is 34.6 Å². The maximum atomic E-state index is 12.9. The molecule has 0 fully saturated rings. The summed E-state index contributed by atoms with van der Waals surface area (Å²) in [6.07, 6.45) is 7.14. The summed E-state index contributed by atoms with van der Waals surface area (Å²) in [5, 5.41) is 4.79. The Kier molecular flexibility index (Phi) is 5.42. The van der Waals surface area contributed by atoms with Gasteiger partial charge in [-0.05, 0) is 42.5 Å². The van der Waals surface area contributed by atoms with Gasteiger partial charge in [0.2, 0.25) is 0 Å². The quantitative estimate of drug-likeness (QED) is 0.429. The number of fused-ring (bicyclic) bond motifs is 3. The molecule has 33 heavy (non-hydrogen) atoms. The molecule has 2 heterocycles. The number of ketones is 1. The summed E-state index contributed by atoms with van der Waals surface area (Å²) in [4.78, 5) is 17.6. The lowest BCUT2D eigenvalue weighted by Crippen LogP contribution is -2.22. The van der Waals surface area contributed by atoms with Gasteiger partial charge in [0.25, 0.3) is 0 Å². The number of carbonyl (C=O) groups is 1. The number of allylic oxidation sites excluding steroid dienone is 1. The third-order valence-electron chi connectivity index (χ3n) is 6.15. The summed E-state index contributed by atoms with van der Waals surface area (Å²) in [6.45, 7) is 1.96. The van der Waals surface area contributed by atoms with Gasteiger partial charge in [0.1, 0.15) is 0 Å². The molecule has 0 N–H and O–H groups in total. The van der Waals surface area contributed by atoms with Crippen LogP contribution in [0.25, 0.3) is 22.9 Å². The van der Waals surface area contributed by atoms with Gasteiger partial charge in [0, 0.05) is 18.2 Å². The Morgan fingerprint density at radius 2 is 1.82 bits per heavy atom. The topological polar surface area (TPSA) is 65.7 Å². The maximum absolute atomic E-state index is 12.9. The zero-order valence-corrected chi connectivity index (χ0v) is 18.9. The third kappa shape index (κ3) is 3.78. The van der Waals surface area contributed by atoms with Gasteiger partial charge in [-0.15, -0.1) is 0 Å². The summed E-state index contributed by atoms with van der Waals surface area (Å²) >= 11 is 0. The van der Waals surface area contributed by atoms with Crippen molar-refractivity contribution >= 4 is 17.5 Å². The number of rotatable bonds is 5. The Balaban J connectivity index is 1.56. The number of aryl methyl sites for hydroxylation is 1. The number of benzene rings is 2. The molecule has 1 aliphatic carbocycles. The molecule has 6 nitrogen and oxygen atoms in total. The third-order valence-corrected chi connectivity index (χ3v) is 6.15. The predicted octanol–water partition coefficient (Wildman–Crippen LogP) is 5.18. The van der Waals surface area contributed by atoms with E-state index in [4.69, 9.17) is 14.6 Å². The normalized spacial score (nSPS) is 15.7. The van der Waals surface area contributed by atoms with Crippen LogP contribution in [0.1, 0.15) is 33.7 Å². The van der Waals surface area contributed by atoms with Crippen molar-refractivity contribution in [1.82, 2.24) is 14.6 Å². The van der Waals surface area contributed by atoms with Crippen molar-refractivity contribution in [2.45, 2.75) is 19.8 Å². The molecule has 5 rings (SSSR count). The highest BCUT2D eigenvalue weighted by Gasteiger charge is 2.28. The van der Waals surface area contributed by atoms with Crippen LogP contribution in [0.5, 0.6) is 11.5 Å². The molecular weight excluding hydrogens is 414 g/mol. The molecule has 1 aliphatic rings. The van der Waals surface area contributed by atoms with Gasteiger partial charge in [-0.1, -0.05) is 48.6 Å². The number of ether oxygens (including phenoxy) is 2.